The van der Waals surface area contributed by atoms with Crippen LogP contribution in [0.4, 0.5) is 5.69 Å². The van der Waals surface area contributed by atoms with E-state index in [0.717, 1.165) is 30.9 Å². The van der Waals surface area contributed by atoms with Gasteiger partial charge in [0.1, 0.15) is 6.04 Å². The van der Waals surface area contributed by atoms with E-state index in [1.54, 1.807) is 10.5 Å². The van der Waals surface area contributed by atoms with E-state index in [9.17, 15) is 9.59 Å². The average molecular weight is 432 g/mol. The number of carbonyl (C=O) groups is 2. The zero-order valence-corrected chi connectivity index (χ0v) is 19.0. The van der Waals surface area contributed by atoms with Gasteiger partial charge in [-0.25, -0.2) is 0 Å². The van der Waals surface area contributed by atoms with Crippen LogP contribution < -0.4 is 10.2 Å². The summed E-state index contributed by atoms with van der Waals surface area (Å²) < 4.78 is 0. The fourth-order valence-electron chi connectivity index (χ4n) is 6.06. The molecule has 0 unspecified atom stereocenters. The Morgan fingerprint density at radius 2 is 1.72 bits per heavy atom. The van der Waals surface area contributed by atoms with Crippen molar-refractivity contribution in [2.45, 2.75) is 56.9 Å². The molecular formula is C27H33N3O2. The fourth-order valence-corrected chi connectivity index (χ4v) is 6.06. The van der Waals surface area contributed by atoms with Crippen molar-refractivity contribution in [3.05, 3.63) is 65.2 Å². The van der Waals surface area contributed by atoms with E-state index in [2.05, 4.69) is 34.5 Å². The van der Waals surface area contributed by atoms with Gasteiger partial charge in [-0.1, -0.05) is 42.5 Å². The largest absolute Gasteiger partial charge is 0.355 e. The van der Waals surface area contributed by atoms with Gasteiger partial charge in [-0.2, -0.15) is 0 Å². The van der Waals surface area contributed by atoms with Crippen LogP contribution in [0.25, 0.3) is 0 Å². The fraction of sp³-hybridized carbons (Fsp3) is 0.481. The van der Waals surface area contributed by atoms with Gasteiger partial charge in [0.15, 0.2) is 0 Å². The third-order valence-electron chi connectivity index (χ3n) is 7.82. The number of fused-ring (bicyclic) bond motifs is 3. The maximum atomic E-state index is 13.3. The number of rotatable bonds is 5. The Bertz CT molecular complexity index is 1010. The molecule has 5 nitrogen and oxygen atoms in total. The molecule has 32 heavy (non-hydrogen) atoms. The molecule has 2 heterocycles. The normalized spacial score (nSPS) is 21.4. The molecule has 1 aliphatic carbocycles. The number of benzene rings is 2. The van der Waals surface area contributed by atoms with Gasteiger partial charge in [0, 0.05) is 31.6 Å². The third kappa shape index (κ3) is 3.73. The lowest BCUT2D eigenvalue weighted by molar-refractivity contribution is -0.126. The summed E-state index contributed by atoms with van der Waals surface area (Å²) in [6.07, 6.45) is 5.86. The first-order valence-electron chi connectivity index (χ1n) is 12.1. The molecule has 1 atom stereocenters. The van der Waals surface area contributed by atoms with Gasteiger partial charge >= 0.3 is 0 Å². The predicted octanol–water partition coefficient (Wildman–Crippen LogP) is 3.45. The number of likely N-dealkylation sites (tertiary alicyclic amines) is 1. The molecule has 2 amide bonds. The molecule has 1 saturated heterocycles. The first-order valence-corrected chi connectivity index (χ1v) is 12.1. The molecule has 5 heteroatoms. The van der Waals surface area contributed by atoms with Crippen molar-refractivity contribution >= 4 is 17.5 Å². The summed E-state index contributed by atoms with van der Waals surface area (Å²) in [6, 6.07) is 16.4. The number of hydrogen-bond donors (Lipinski definition) is 1. The van der Waals surface area contributed by atoms with E-state index in [1.165, 1.54) is 31.2 Å². The van der Waals surface area contributed by atoms with Crippen LogP contribution in [0.3, 0.4) is 0 Å². The first-order chi connectivity index (χ1) is 15.6. The Morgan fingerprint density at radius 1 is 1.00 bits per heavy atom. The minimum atomic E-state index is -0.431. The lowest BCUT2D eigenvalue weighted by atomic mass is 9.74. The number of anilines is 1. The monoisotopic (exact) mass is 431 g/mol. The second kappa shape index (κ2) is 8.70. The maximum absolute atomic E-state index is 13.3. The number of likely N-dealkylation sites (N-methyl/N-ethyl adjacent to an activating group) is 1. The SMILES string of the molecule is CCNC(=O)[C@@H]1Cc2ccccc2N1C(=O)CCN1CCC2(CCc3ccccc32)CC1. The van der Waals surface area contributed by atoms with Gasteiger partial charge in [0.2, 0.25) is 11.8 Å². The van der Waals surface area contributed by atoms with Crippen LogP contribution >= 0.6 is 0 Å². The van der Waals surface area contributed by atoms with Crippen molar-refractivity contribution in [3.63, 3.8) is 0 Å². The molecule has 0 radical (unpaired) electrons. The molecule has 0 saturated carbocycles. The molecule has 0 bridgehead atoms. The van der Waals surface area contributed by atoms with Crippen LogP contribution in [0.5, 0.6) is 0 Å². The van der Waals surface area contributed by atoms with Crippen molar-refractivity contribution < 1.29 is 9.59 Å². The Balaban J connectivity index is 1.22. The quantitative estimate of drug-likeness (QED) is 0.789. The van der Waals surface area contributed by atoms with E-state index in [0.29, 0.717) is 24.8 Å². The number of aryl methyl sites for hydroxylation is 1. The van der Waals surface area contributed by atoms with Crippen molar-refractivity contribution in [3.8, 4) is 0 Å². The average Bonchev–Trinajstić information content (AvgIpc) is 3.38. The van der Waals surface area contributed by atoms with Crippen LogP contribution in [0.1, 0.15) is 49.3 Å². The number of nitrogens with zero attached hydrogens (tertiary/aromatic N) is 2. The summed E-state index contributed by atoms with van der Waals surface area (Å²) in [5.41, 5.74) is 5.41. The summed E-state index contributed by atoms with van der Waals surface area (Å²) >= 11 is 0. The molecule has 2 aromatic rings. The molecule has 168 valence electrons. The molecule has 0 aromatic heterocycles. The zero-order chi connectivity index (χ0) is 22.1. The topological polar surface area (TPSA) is 52.7 Å². The molecule has 1 fully saturated rings. The van der Waals surface area contributed by atoms with Crippen LogP contribution in [0.15, 0.2) is 48.5 Å². The smallest absolute Gasteiger partial charge is 0.243 e. The number of carbonyl (C=O) groups excluding carboxylic acids is 2. The van der Waals surface area contributed by atoms with Crippen molar-refractivity contribution in [2.75, 3.05) is 31.1 Å². The van der Waals surface area contributed by atoms with Gasteiger partial charge in [-0.05, 0) is 73.9 Å². The zero-order valence-electron chi connectivity index (χ0n) is 19.0. The number of nitrogens with one attached hydrogen (secondary N) is 1. The van der Waals surface area contributed by atoms with Gasteiger partial charge in [-0.15, -0.1) is 0 Å². The van der Waals surface area contributed by atoms with Gasteiger partial charge in [0.05, 0.1) is 0 Å². The highest BCUT2D eigenvalue weighted by Crippen LogP contribution is 2.46. The van der Waals surface area contributed by atoms with Crippen molar-refractivity contribution in [1.29, 1.82) is 0 Å². The number of amides is 2. The Labute approximate surface area is 190 Å². The molecule has 5 rings (SSSR count). The van der Waals surface area contributed by atoms with E-state index < -0.39 is 6.04 Å². The second-order valence-electron chi connectivity index (χ2n) is 9.54. The Hall–Kier alpha value is -2.66. The Morgan fingerprint density at radius 3 is 2.50 bits per heavy atom. The molecule has 3 aliphatic rings. The van der Waals surface area contributed by atoms with Gasteiger partial charge in [0.25, 0.3) is 0 Å². The summed E-state index contributed by atoms with van der Waals surface area (Å²) in [5.74, 6) is -0.00503. The van der Waals surface area contributed by atoms with Crippen LogP contribution in [-0.4, -0.2) is 48.9 Å². The van der Waals surface area contributed by atoms with E-state index in [1.807, 2.05) is 31.2 Å². The van der Waals surface area contributed by atoms with Crippen molar-refractivity contribution in [2.24, 2.45) is 0 Å². The minimum absolute atomic E-state index is 0.0534. The molecule has 1 N–H and O–H groups in total. The third-order valence-corrected chi connectivity index (χ3v) is 7.82. The Kier molecular flexibility index (Phi) is 5.76. The lowest BCUT2D eigenvalue weighted by Gasteiger charge is -2.40. The standard InChI is InChI=1S/C27H33N3O2/c1-2-28-26(32)24-19-21-8-4-6-10-23(21)30(24)25(31)12-16-29-17-14-27(15-18-29)13-11-20-7-3-5-9-22(20)27/h3-10,24H,2,11-19H2,1H3,(H,28,32)/t24-/m0/s1. The lowest BCUT2D eigenvalue weighted by Crippen LogP contribution is -2.49. The predicted molar refractivity (Wildman–Crippen MR) is 127 cm³/mol. The number of hydrogen-bond acceptors (Lipinski definition) is 3. The first kappa shape index (κ1) is 21.2. The number of piperidine rings is 1. The molecule has 2 aliphatic heterocycles. The highest BCUT2D eigenvalue weighted by molar-refractivity contribution is 6.03. The van der Waals surface area contributed by atoms with Crippen LogP contribution in [0.2, 0.25) is 0 Å². The summed E-state index contributed by atoms with van der Waals surface area (Å²) in [6.45, 7) is 5.33. The van der Waals surface area contributed by atoms with E-state index in [4.69, 9.17) is 0 Å². The van der Waals surface area contributed by atoms with Crippen LogP contribution in [-0.2, 0) is 27.8 Å². The highest BCUT2D eigenvalue weighted by atomic mass is 16.2. The van der Waals surface area contributed by atoms with Gasteiger partial charge in [-0.3, -0.25) is 14.5 Å². The molecule has 2 aromatic carbocycles. The number of para-hydroxylation sites is 1. The minimum Gasteiger partial charge on any atom is -0.355 e. The second-order valence-corrected chi connectivity index (χ2v) is 9.54. The van der Waals surface area contributed by atoms with Crippen LogP contribution in [0, 0.1) is 0 Å². The van der Waals surface area contributed by atoms with E-state index >= 15 is 0 Å². The summed E-state index contributed by atoms with van der Waals surface area (Å²) in [5, 5.41) is 2.91. The summed E-state index contributed by atoms with van der Waals surface area (Å²) in [4.78, 5) is 30.2. The maximum Gasteiger partial charge on any atom is 0.243 e. The highest BCUT2D eigenvalue weighted by Gasteiger charge is 2.41. The van der Waals surface area contributed by atoms with E-state index in [-0.39, 0.29) is 11.8 Å². The molecule has 1 spiro atoms. The van der Waals surface area contributed by atoms with Crippen molar-refractivity contribution in [1.82, 2.24) is 10.2 Å². The summed E-state index contributed by atoms with van der Waals surface area (Å²) in [7, 11) is 0. The van der Waals surface area contributed by atoms with Gasteiger partial charge < -0.3 is 10.2 Å². The molecular weight excluding hydrogens is 398 g/mol.